The number of ether oxygens (including phenoxy) is 1. The van der Waals surface area contributed by atoms with Gasteiger partial charge in [0.05, 0.1) is 6.42 Å². The number of rotatable bonds is 5. The Morgan fingerprint density at radius 1 is 1.47 bits per heavy atom. The van der Waals surface area contributed by atoms with Crippen LogP contribution >= 0.6 is 0 Å². The van der Waals surface area contributed by atoms with Crippen LogP contribution in [0.25, 0.3) is 0 Å². The first-order chi connectivity index (χ1) is 8.97. The molecule has 0 radical (unpaired) electrons. The van der Waals surface area contributed by atoms with Gasteiger partial charge in [0.2, 0.25) is 0 Å². The standard InChI is InChI=1S/C14H17F2NO2/c1-10-3-2-4-11(7-10)5-6-17-9-12-8-14(15,16)13(18)19-12/h2-4,7,12,17H,5-6,8-9H2,1H3. The van der Waals surface area contributed by atoms with Crippen LogP contribution in [0.2, 0.25) is 0 Å². The molecular weight excluding hydrogens is 252 g/mol. The molecule has 0 amide bonds. The fourth-order valence-electron chi connectivity index (χ4n) is 2.13. The zero-order valence-corrected chi connectivity index (χ0v) is 10.8. The third-order valence-corrected chi connectivity index (χ3v) is 3.10. The molecular formula is C14H17F2NO2. The van der Waals surface area contributed by atoms with Crippen LogP contribution in [-0.4, -0.2) is 31.1 Å². The molecule has 0 bridgehead atoms. The first-order valence-corrected chi connectivity index (χ1v) is 6.32. The number of cyclic esters (lactones) is 1. The SMILES string of the molecule is Cc1cccc(CCNCC2CC(F)(F)C(=O)O2)c1. The van der Waals surface area contributed by atoms with Crippen molar-refractivity contribution in [2.24, 2.45) is 0 Å². The maximum atomic E-state index is 12.9. The van der Waals surface area contributed by atoms with Crippen molar-refractivity contribution in [3.8, 4) is 0 Å². The quantitative estimate of drug-likeness (QED) is 0.657. The van der Waals surface area contributed by atoms with Crippen molar-refractivity contribution in [1.29, 1.82) is 0 Å². The minimum Gasteiger partial charge on any atom is -0.456 e. The Labute approximate surface area is 111 Å². The number of hydrogen-bond donors (Lipinski definition) is 1. The molecule has 0 spiro atoms. The molecule has 0 aromatic heterocycles. The number of nitrogens with one attached hydrogen (secondary N) is 1. The van der Waals surface area contributed by atoms with Gasteiger partial charge in [0.15, 0.2) is 0 Å². The molecule has 1 aromatic carbocycles. The van der Waals surface area contributed by atoms with Crippen molar-refractivity contribution in [1.82, 2.24) is 5.32 Å². The third-order valence-electron chi connectivity index (χ3n) is 3.10. The van der Waals surface area contributed by atoms with E-state index >= 15 is 0 Å². The summed E-state index contributed by atoms with van der Waals surface area (Å²) in [5.74, 6) is -4.72. The van der Waals surface area contributed by atoms with Gasteiger partial charge in [-0.3, -0.25) is 0 Å². The van der Waals surface area contributed by atoms with E-state index in [1.165, 1.54) is 11.1 Å². The van der Waals surface area contributed by atoms with Gasteiger partial charge in [-0.05, 0) is 25.5 Å². The van der Waals surface area contributed by atoms with Crippen LogP contribution in [0.5, 0.6) is 0 Å². The van der Waals surface area contributed by atoms with Gasteiger partial charge in [-0.25, -0.2) is 4.79 Å². The molecule has 0 aliphatic carbocycles. The van der Waals surface area contributed by atoms with E-state index in [-0.39, 0.29) is 6.54 Å². The number of aryl methyl sites for hydroxylation is 1. The number of halogens is 2. The summed E-state index contributed by atoms with van der Waals surface area (Å²) in [5, 5.41) is 3.04. The van der Waals surface area contributed by atoms with E-state index in [4.69, 9.17) is 0 Å². The lowest BCUT2D eigenvalue weighted by Gasteiger charge is -2.10. The van der Waals surface area contributed by atoms with Crippen molar-refractivity contribution in [2.45, 2.75) is 31.8 Å². The van der Waals surface area contributed by atoms with Crippen molar-refractivity contribution >= 4 is 5.97 Å². The fraction of sp³-hybridized carbons (Fsp3) is 0.500. The Hall–Kier alpha value is -1.49. The van der Waals surface area contributed by atoms with Crippen LogP contribution in [0.15, 0.2) is 24.3 Å². The zero-order valence-electron chi connectivity index (χ0n) is 10.8. The van der Waals surface area contributed by atoms with E-state index in [1.54, 1.807) is 0 Å². The van der Waals surface area contributed by atoms with E-state index in [0.29, 0.717) is 6.54 Å². The average Bonchev–Trinajstić information content (AvgIpc) is 2.59. The predicted molar refractivity (Wildman–Crippen MR) is 67.2 cm³/mol. The Morgan fingerprint density at radius 2 is 2.26 bits per heavy atom. The first-order valence-electron chi connectivity index (χ1n) is 6.32. The highest BCUT2D eigenvalue weighted by Gasteiger charge is 2.50. The summed E-state index contributed by atoms with van der Waals surface area (Å²) in [6.07, 6.45) is -0.429. The molecule has 1 heterocycles. The van der Waals surface area contributed by atoms with E-state index in [0.717, 1.165) is 6.42 Å². The van der Waals surface area contributed by atoms with E-state index in [2.05, 4.69) is 16.1 Å². The van der Waals surface area contributed by atoms with Crippen molar-refractivity contribution in [3.05, 3.63) is 35.4 Å². The second-order valence-electron chi connectivity index (χ2n) is 4.88. The van der Waals surface area contributed by atoms with E-state index in [1.807, 2.05) is 25.1 Å². The summed E-state index contributed by atoms with van der Waals surface area (Å²) >= 11 is 0. The summed E-state index contributed by atoms with van der Waals surface area (Å²) in [4.78, 5) is 10.8. The molecule has 1 aromatic rings. The number of benzene rings is 1. The van der Waals surface area contributed by atoms with Gasteiger partial charge in [0, 0.05) is 6.54 Å². The molecule has 3 nitrogen and oxygen atoms in total. The summed E-state index contributed by atoms with van der Waals surface area (Å²) in [7, 11) is 0. The minimum absolute atomic E-state index is 0.271. The zero-order chi connectivity index (χ0) is 13.9. The molecule has 1 saturated heterocycles. The Bertz CT molecular complexity index is 463. The topological polar surface area (TPSA) is 38.3 Å². The molecule has 1 aliphatic heterocycles. The highest BCUT2D eigenvalue weighted by molar-refractivity contribution is 5.79. The molecule has 1 aliphatic rings. The molecule has 5 heteroatoms. The number of alkyl halides is 2. The van der Waals surface area contributed by atoms with Crippen molar-refractivity contribution in [3.63, 3.8) is 0 Å². The van der Waals surface area contributed by atoms with Crippen molar-refractivity contribution < 1.29 is 18.3 Å². The van der Waals surface area contributed by atoms with Crippen LogP contribution in [0.1, 0.15) is 17.5 Å². The Balaban J connectivity index is 1.69. The first kappa shape index (κ1) is 13.9. The maximum Gasteiger partial charge on any atom is 0.377 e. The predicted octanol–water partition coefficient (Wildman–Crippen LogP) is 2.08. The number of hydrogen-bond acceptors (Lipinski definition) is 3. The van der Waals surface area contributed by atoms with Crippen LogP contribution in [0, 0.1) is 6.92 Å². The van der Waals surface area contributed by atoms with E-state index in [9.17, 15) is 13.6 Å². The summed E-state index contributed by atoms with van der Waals surface area (Å²) in [5.41, 5.74) is 2.39. The normalized spacial score (nSPS) is 21.4. The van der Waals surface area contributed by atoms with Gasteiger partial charge in [-0.15, -0.1) is 0 Å². The minimum atomic E-state index is -3.32. The van der Waals surface area contributed by atoms with Crippen LogP contribution in [0.4, 0.5) is 8.78 Å². The Kier molecular flexibility index (Phi) is 4.14. The highest BCUT2D eigenvalue weighted by atomic mass is 19.3. The summed E-state index contributed by atoms with van der Waals surface area (Å²) in [6.45, 7) is 2.97. The molecule has 0 saturated carbocycles. The highest BCUT2D eigenvalue weighted by Crippen LogP contribution is 2.30. The molecule has 1 atom stereocenters. The van der Waals surface area contributed by atoms with Crippen molar-refractivity contribution in [2.75, 3.05) is 13.1 Å². The summed E-state index contributed by atoms with van der Waals surface area (Å²) < 4.78 is 30.4. The second kappa shape index (κ2) is 5.65. The molecule has 1 N–H and O–H groups in total. The van der Waals surface area contributed by atoms with Gasteiger partial charge in [-0.1, -0.05) is 29.8 Å². The van der Waals surface area contributed by atoms with Gasteiger partial charge in [0.25, 0.3) is 0 Å². The second-order valence-corrected chi connectivity index (χ2v) is 4.88. The smallest absolute Gasteiger partial charge is 0.377 e. The monoisotopic (exact) mass is 269 g/mol. The third kappa shape index (κ3) is 3.73. The average molecular weight is 269 g/mol. The van der Waals surface area contributed by atoms with Gasteiger partial charge in [0.1, 0.15) is 6.10 Å². The number of esters is 1. The van der Waals surface area contributed by atoms with E-state index < -0.39 is 24.4 Å². The maximum absolute atomic E-state index is 12.9. The fourth-order valence-corrected chi connectivity index (χ4v) is 2.13. The molecule has 19 heavy (non-hydrogen) atoms. The van der Waals surface area contributed by atoms with Crippen LogP contribution in [0.3, 0.4) is 0 Å². The van der Waals surface area contributed by atoms with Gasteiger partial charge >= 0.3 is 11.9 Å². The Morgan fingerprint density at radius 3 is 2.89 bits per heavy atom. The number of carbonyl (C=O) groups excluding carboxylic acids is 1. The molecule has 104 valence electrons. The van der Waals surface area contributed by atoms with Crippen LogP contribution in [-0.2, 0) is 16.0 Å². The lowest BCUT2D eigenvalue weighted by Crippen LogP contribution is -2.28. The molecule has 2 rings (SSSR count). The molecule has 1 fully saturated rings. The van der Waals surface area contributed by atoms with Crippen LogP contribution < -0.4 is 5.32 Å². The van der Waals surface area contributed by atoms with Gasteiger partial charge in [-0.2, -0.15) is 8.78 Å². The summed E-state index contributed by atoms with van der Waals surface area (Å²) in [6, 6.07) is 8.13. The lowest BCUT2D eigenvalue weighted by atomic mass is 10.1. The molecule has 1 unspecified atom stereocenters. The number of carbonyl (C=O) groups is 1. The van der Waals surface area contributed by atoms with Gasteiger partial charge < -0.3 is 10.1 Å². The lowest BCUT2D eigenvalue weighted by molar-refractivity contribution is -0.158. The largest absolute Gasteiger partial charge is 0.456 e.